The van der Waals surface area contributed by atoms with Crippen LogP contribution in [0.25, 0.3) is 0 Å². The molecule has 1 aromatic heterocycles. The van der Waals surface area contributed by atoms with E-state index >= 15 is 0 Å². The molecule has 0 saturated carbocycles. The molecule has 0 radical (unpaired) electrons. The molecule has 2 amide bonds. The Morgan fingerprint density at radius 2 is 1.65 bits per heavy atom. The Balaban J connectivity index is 1.57. The van der Waals surface area contributed by atoms with Gasteiger partial charge in [0.25, 0.3) is 0 Å². The van der Waals surface area contributed by atoms with Crippen molar-refractivity contribution in [2.75, 3.05) is 38.2 Å². The van der Waals surface area contributed by atoms with E-state index in [4.69, 9.17) is 4.74 Å². The van der Waals surface area contributed by atoms with E-state index in [9.17, 15) is 9.59 Å². The fourth-order valence-electron chi connectivity index (χ4n) is 4.84. The fraction of sp³-hybridized carbons (Fsp3) is 0.367. The summed E-state index contributed by atoms with van der Waals surface area (Å²) in [6.07, 6.45) is 5.75. The number of carbonyl (C=O) groups is 2. The molecule has 1 aliphatic heterocycles. The van der Waals surface area contributed by atoms with Crippen LogP contribution < -0.4 is 9.64 Å². The molecule has 1 aliphatic rings. The first-order valence-electron chi connectivity index (χ1n) is 12.9. The number of hydrogen-bond acceptors (Lipinski definition) is 5. The third kappa shape index (κ3) is 7.40. The highest BCUT2D eigenvalue weighted by atomic mass is 16.5. The largest absolute Gasteiger partial charge is 0.497 e. The number of rotatable bonds is 5. The zero-order valence-electron chi connectivity index (χ0n) is 21.8. The molecular weight excluding hydrogens is 464 g/mol. The molecule has 0 bridgehead atoms. The Morgan fingerprint density at radius 1 is 0.892 bits per heavy atom. The van der Waals surface area contributed by atoms with Gasteiger partial charge in [0, 0.05) is 64.3 Å². The molecule has 2 aromatic carbocycles. The molecular formula is C30H36N4O3. The second-order valence-corrected chi connectivity index (χ2v) is 9.48. The Hall–Kier alpha value is -3.71. The number of aromatic nitrogens is 1. The topological polar surface area (TPSA) is 66.0 Å². The van der Waals surface area contributed by atoms with Gasteiger partial charge in [-0.15, -0.1) is 0 Å². The number of hydrogen-bond donors (Lipinski definition) is 0. The summed E-state index contributed by atoms with van der Waals surface area (Å²) in [6, 6.07) is 19.6. The van der Waals surface area contributed by atoms with Gasteiger partial charge in [-0.3, -0.25) is 19.5 Å². The van der Waals surface area contributed by atoms with Crippen molar-refractivity contribution in [1.82, 2.24) is 14.8 Å². The number of nitrogens with zero attached hydrogens (tertiary/aromatic N) is 4. The summed E-state index contributed by atoms with van der Waals surface area (Å²) in [4.78, 5) is 36.6. The van der Waals surface area contributed by atoms with E-state index in [2.05, 4.69) is 16.0 Å². The van der Waals surface area contributed by atoms with Gasteiger partial charge in [0.2, 0.25) is 11.8 Å². The van der Waals surface area contributed by atoms with E-state index in [-0.39, 0.29) is 11.8 Å². The molecule has 2 heterocycles. The number of benzene rings is 2. The highest BCUT2D eigenvalue weighted by Gasteiger charge is 2.21. The Morgan fingerprint density at radius 3 is 2.35 bits per heavy atom. The predicted molar refractivity (Wildman–Crippen MR) is 145 cm³/mol. The third-order valence-electron chi connectivity index (χ3n) is 6.78. The molecule has 7 heteroatoms. The monoisotopic (exact) mass is 500 g/mol. The van der Waals surface area contributed by atoms with Crippen LogP contribution in [0.15, 0.2) is 73.1 Å². The van der Waals surface area contributed by atoms with E-state index in [0.717, 1.165) is 60.6 Å². The summed E-state index contributed by atoms with van der Waals surface area (Å²) < 4.78 is 5.25. The average molecular weight is 501 g/mol. The van der Waals surface area contributed by atoms with E-state index < -0.39 is 0 Å². The standard InChI is InChI=1S/C30H36N4O3/c1-24(35)34-19-7-17-32(22-26-8-5-15-31-21-26)16-6-18-33(23-27-9-3-4-10-29(27)34)30(36)20-25-11-13-28(37-2)14-12-25/h3-5,8-15,21H,6-7,16-20,22-23H2,1-2H3. The van der Waals surface area contributed by atoms with Crippen LogP contribution in [0, 0.1) is 0 Å². The zero-order valence-corrected chi connectivity index (χ0v) is 21.8. The lowest BCUT2D eigenvalue weighted by Crippen LogP contribution is -2.38. The molecule has 37 heavy (non-hydrogen) atoms. The fourth-order valence-corrected chi connectivity index (χ4v) is 4.84. The van der Waals surface area contributed by atoms with E-state index in [1.54, 1.807) is 20.2 Å². The van der Waals surface area contributed by atoms with E-state index in [0.29, 0.717) is 26.1 Å². The molecule has 3 aromatic rings. The second-order valence-electron chi connectivity index (χ2n) is 9.48. The van der Waals surface area contributed by atoms with Crippen LogP contribution in [0.1, 0.15) is 36.5 Å². The third-order valence-corrected chi connectivity index (χ3v) is 6.78. The summed E-state index contributed by atoms with van der Waals surface area (Å²) in [5.74, 6) is 0.860. The van der Waals surface area contributed by atoms with Gasteiger partial charge < -0.3 is 14.5 Å². The minimum atomic E-state index is 0.0134. The number of ether oxygens (including phenoxy) is 1. The smallest absolute Gasteiger partial charge is 0.227 e. The highest BCUT2D eigenvalue weighted by molar-refractivity contribution is 5.92. The number of anilines is 1. The van der Waals surface area contributed by atoms with Crippen LogP contribution in [0.4, 0.5) is 5.69 Å². The van der Waals surface area contributed by atoms with Crippen LogP contribution in [0.5, 0.6) is 5.75 Å². The maximum atomic E-state index is 13.5. The van der Waals surface area contributed by atoms with Gasteiger partial charge in [-0.05, 0) is 53.8 Å². The van der Waals surface area contributed by atoms with Crippen molar-refractivity contribution in [3.05, 3.63) is 89.7 Å². The Bertz CT molecular complexity index is 1170. The van der Waals surface area contributed by atoms with Gasteiger partial charge in [0.1, 0.15) is 5.75 Å². The van der Waals surface area contributed by atoms with Gasteiger partial charge in [0.05, 0.1) is 13.5 Å². The minimum absolute atomic E-state index is 0.0134. The van der Waals surface area contributed by atoms with Gasteiger partial charge in [0.15, 0.2) is 0 Å². The lowest BCUT2D eigenvalue weighted by atomic mass is 10.1. The van der Waals surface area contributed by atoms with Crippen molar-refractivity contribution in [1.29, 1.82) is 0 Å². The van der Waals surface area contributed by atoms with Gasteiger partial charge in [-0.1, -0.05) is 36.4 Å². The van der Waals surface area contributed by atoms with Crippen molar-refractivity contribution < 1.29 is 14.3 Å². The number of amides is 2. The van der Waals surface area contributed by atoms with E-state index in [1.807, 2.05) is 70.6 Å². The number of methoxy groups -OCH3 is 1. The number of para-hydroxylation sites is 1. The molecule has 7 nitrogen and oxygen atoms in total. The molecule has 0 N–H and O–H groups in total. The summed E-state index contributed by atoms with van der Waals surface area (Å²) in [5.41, 5.74) is 4.00. The average Bonchev–Trinajstić information content (AvgIpc) is 2.91. The summed E-state index contributed by atoms with van der Waals surface area (Å²) in [6.45, 7) is 5.89. The van der Waals surface area contributed by atoms with Crippen LogP contribution >= 0.6 is 0 Å². The molecule has 0 spiro atoms. The number of pyridine rings is 1. The predicted octanol–water partition coefficient (Wildman–Crippen LogP) is 4.31. The molecule has 0 saturated heterocycles. The minimum Gasteiger partial charge on any atom is -0.497 e. The van der Waals surface area contributed by atoms with Crippen molar-refractivity contribution in [2.24, 2.45) is 0 Å². The molecule has 0 atom stereocenters. The molecule has 194 valence electrons. The van der Waals surface area contributed by atoms with Crippen molar-refractivity contribution in [2.45, 2.75) is 39.3 Å². The summed E-state index contributed by atoms with van der Waals surface area (Å²) in [7, 11) is 1.64. The summed E-state index contributed by atoms with van der Waals surface area (Å²) >= 11 is 0. The lowest BCUT2D eigenvalue weighted by molar-refractivity contribution is -0.131. The number of carbonyl (C=O) groups excluding carboxylic acids is 2. The number of fused-ring (bicyclic) bond motifs is 1. The first-order chi connectivity index (χ1) is 18.0. The van der Waals surface area contributed by atoms with Crippen molar-refractivity contribution in [3.63, 3.8) is 0 Å². The zero-order chi connectivity index (χ0) is 26.0. The molecule has 0 fully saturated rings. The molecule has 0 aliphatic carbocycles. The maximum absolute atomic E-state index is 13.5. The first kappa shape index (κ1) is 26.4. The Labute approximate surface area is 219 Å². The van der Waals surface area contributed by atoms with Gasteiger partial charge in [-0.2, -0.15) is 0 Å². The summed E-state index contributed by atoms with van der Waals surface area (Å²) in [5, 5.41) is 0. The van der Waals surface area contributed by atoms with Crippen molar-refractivity contribution in [3.8, 4) is 5.75 Å². The molecule has 4 rings (SSSR count). The normalized spacial score (nSPS) is 15.3. The van der Waals surface area contributed by atoms with Crippen LogP contribution in [0.3, 0.4) is 0 Å². The maximum Gasteiger partial charge on any atom is 0.227 e. The first-order valence-corrected chi connectivity index (χ1v) is 12.9. The van der Waals surface area contributed by atoms with Gasteiger partial charge in [-0.25, -0.2) is 0 Å². The van der Waals surface area contributed by atoms with Crippen LogP contribution in [-0.4, -0.2) is 59.9 Å². The van der Waals surface area contributed by atoms with E-state index in [1.165, 1.54) is 0 Å². The highest BCUT2D eigenvalue weighted by Crippen LogP contribution is 2.24. The van der Waals surface area contributed by atoms with Crippen molar-refractivity contribution >= 4 is 17.5 Å². The van der Waals surface area contributed by atoms with Gasteiger partial charge >= 0.3 is 0 Å². The SMILES string of the molecule is COc1ccc(CC(=O)N2CCCN(Cc3cccnc3)CCCN(C(C)=O)c3ccccc3C2)cc1. The van der Waals surface area contributed by atoms with Crippen LogP contribution in [0.2, 0.25) is 0 Å². The Kier molecular flexibility index (Phi) is 9.27. The quantitative estimate of drug-likeness (QED) is 0.522. The lowest BCUT2D eigenvalue weighted by Gasteiger charge is -2.31. The second kappa shape index (κ2) is 13.0. The van der Waals surface area contributed by atoms with Crippen LogP contribution in [-0.2, 0) is 29.1 Å². The molecule has 0 unspecified atom stereocenters.